The molecule has 0 radical (unpaired) electrons. The quantitative estimate of drug-likeness (QED) is 0.538. The zero-order valence-corrected chi connectivity index (χ0v) is 15.7. The van der Waals surface area contributed by atoms with Gasteiger partial charge in [0, 0.05) is 12.1 Å². The lowest BCUT2D eigenvalue weighted by Gasteiger charge is -2.06. The van der Waals surface area contributed by atoms with E-state index in [1.54, 1.807) is 0 Å². The lowest BCUT2D eigenvalue weighted by Crippen LogP contribution is -2.10. The van der Waals surface area contributed by atoms with E-state index in [0.29, 0.717) is 6.42 Å². The second-order valence-electron chi connectivity index (χ2n) is 4.76. The predicted octanol–water partition coefficient (Wildman–Crippen LogP) is 6.60. The summed E-state index contributed by atoms with van der Waals surface area (Å²) in [6, 6.07) is 8.09. The molecule has 2 heteroatoms. The molecule has 2 nitrogen and oxygen atoms in total. The van der Waals surface area contributed by atoms with Gasteiger partial charge in [-0.1, -0.05) is 79.4 Å². The minimum absolute atomic E-state index is 0.135. The van der Waals surface area contributed by atoms with Gasteiger partial charge < -0.3 is 5.32 Å². The van der Waals surface area contributed by atoms with Crippen LogP contribution in [0.3, 0.4) is 0 Å². The van der Waals surface area contributed by atoms with Gasteiger partial charge >= 0.3 is 0 Å². The Hall–Kier alpha value is -1.31. The molecule has 0 bridgehead atoms. The Bertz CT molecular complexity index is 343. The minimum Gasteiger partial charge on any atom is -0.326 e. The molecule has 0 saturated carbocycles. The summed E-state index contributed by atoms with van der Waals surface area (Å²) in [6.07, 6.45) is 7.60. The Morgan fingerprint density at radius 2 is 1.41 bits per heavy atom. The number of aryl methyl sites for hydroxylation is 1. The van der Waals surface area contributed by atoms with Crippen LogP contribution < -0.4 is 5.32 Å². The first kappa shape index (κ1) is 23.0. The SMILES string of the molecule is CC.CC.CCCCCCCC(=O)Nc1ccc(CC)cc1. The van der Waals surface area contributed by atoms with Crippen LogP contribution >= 0.6 is 0 Å². The second kappa shape index (κ2) is 17.7. The summed E-state index contributed by atoms with van der Waals surface area (Å²) in [5.41, 5.74) is 2.21. The first-order valence-corrected chi connectivity index (χ1v) is 9.15. The van der Waals surface area contributed by atoms with Crippen molar-refractivity contribution in [2.75, 3.05) is 5.32 Å². The van der Waals surface area contributed by atoms with E-state index in [-0.39, 0.29) is 5.91 Å². The van der Waals surface area contributed by atoms with Crippen LogP contribution in [0.15, 0.2) is 24.3 Å². The average Bonchev–Trinajstić information content (AvgIpc) is 2.59. The van der Waals surface area contributed by atoms with E-state index < -0.39 is 0 Å². The van der Waals surface area contributed by atoms with Gasteiger partial charge in [-0.05, 0) is 30.5 Å². The molecule has 1 N–H and O–H groups in total. The van der Waals surface area contributed by atoms with Crippen LogP contribution in [0.2, 0.25) is 0 Å². The number of nitrogens with one attached hydrogen (secondary N) is 1. The van der Waals surface area contributed by atoms with E-state index in [0.717, 1.165) is 24.9 Å². The summed E-state index contributed by atoms with van der Waals surface area (Å²) in [5, 5.41) is 2.95. The van der Waals surface area contributed by atoms with Crippen molar-refractivity contribution >= 4 is 11.6 Å². The van der Waals surface area contributed by atoms with Gasteiger partial charge in [-0.25, -0.2) is 0 Å². The molecular formula is C20H37NO. The normalized spacial score (nSPS) is 9.00. The first-order valence-electron chi connectivity index (χ1n) is 9.15. The Morgan fingerprint density at radius 1 is 0.864 bits per heavy atom. The van der Waals surface area contributed by atoms with Gasteiger partial charge in [0.2, 0.25) is 5.91 Å². The second-order valence-corrected chi connectivity index (χ2v) is 4.76. The molecule has 0 aliphatic rings. The highest BCUT2D eigenvalue weighted by atomic mass is 16.1. The average molecular weight is 308 g/mol. The molecule has 0 aliphatic heterocycles. The number of anilines is 1. The van der Waals surface area contributed by atoms with Gasteiger partial charge in [0.15, 0.2) is 0 Å². The minimum atomic E-state index is 0.135. The van der Waals surface area contributed by atoms with E-state index in [4.69, 9.17) is 0 Å². The third-order valence-corrected chi connectivity index (χ3v) is 3.15. The number of amides is 1. The highest BCUT2D eigenvalue weighted by Gasteiger charge is 2.01. The molecular weight excluding hydrogens is 270 g/mol. The Balaban J connectivity index is 0. The summed E-state index contributed by atoms with van der Waals surface area (Å²) in [6.45, 7) is 12.3. The van der Waals surface area contributed by atoms with Gasteiger partial charge in [-0.3, -0.25) is 4.79 Å². The predicted molar refractivity (Wildman–Crippen MR) is 101 cm³/mol. The maximum atomic E-state index is 11.7. The number of carbonyl (C=O) groups is 1. The topological polar surface area (TPSA) is 29.1 Å². The molecule has 0 fully saturated rings. The highest BCUT2D eigenvalue weighted by molar-refractivity contribution is 5.90. The number of rotatable bonds is 8. The van der Waals surface area contributed by atoms with Crippen molar-refractivity contribution in [1.82, 2.24) is 0 Å². The number of hydrogen-bond donors (Lipinski definition) is 1. The number of benzene rings is 1. The van der Waals surface area contributed by atoms with Crippen LogP contribution in [0.5, 0.6) is 0 Å². The largest absolute Gasteiger partial charge is 0.326 e. The molecule has 0 heterocycles. The number of hydrogen-bond acceptors (Lipinski definition) is 1. The van der Waals surface area contributed by atoms with Crippen LogP contribution in [0, 0.1) is 0 Å². The first-order chi connectivity index (χ1) is 10.8. The molecule has 0 aliphatic carbocycles. The molecule has 1 aromatic carbocycles. The van der Waals surface area contributed by atoms with E-state index >= 15 is 0 Å². The smallest absolute Gasteiger partial charge is 0.224 e. The maximum Gasteiger partial charge on any atom is 0.224 e. The summed E-state index contributed by atoms with van der Waals surface area (Å²) >= 11 is 0. The molecule has 22 heavy (non-hydrogen) atoms. The van der Waals surface area contributed by atoms with Gasteiger partial charge in [0.05, 0.1) is 0 Å². The van der Waals surface area contributed by atoms with Gasteiger partial charge in [-0.15, -0.1) is 0 Å². The lowest BCUT2D eigenvalue weighted by atomic mass is 10.1. The van der Waals surface area contributed by atoms with Crippen molar-refractivity contribution in [3.63, 3.8) is 0 Å². The van der Waals surface area contributed by atoms with Crippen molar-refractivity contribution in [3.8, 4) is 0 Å². The van der Waals surface area contributed by atoms with Gasteiger partial charge in [-0.2, -0.15) is 0 Å². The standard InChI is InChI=1S/C16H25NO.2C2H6/c1-3-5-6-7-8-9-16(18)17-15-12-10-14(4-2)11-13-15;2*1-2/h10-13H,3-9H2,1-2H3,(H,17,18);2*1-2H3. The molecule has 0 unspecified atom stereocenters. The Labute approximate surface area is 138 Å². The monoisotopic (exact) mass is 307 g/mol. The Kier molecular flexibility index (Phi) is 18.5. The van der Waals surface area contributed by atoms with Gasteiger partial charge in [0.25, 0.3) is 0 Å². The van der Waals surface area contributed by atoms with E-state index in [9.17, 15) is 4.79 Å². The highest BCUT2D eigenvalue weighted by Crippen LogP contribution is 2.11. The molecule has 0 spiro atoms. The van der Waals surface area contributed by atoms with E-state index in [2.05, 4.69) is 31.3 Å². The third-order valence-electron chi connectivity index (χ3n) is 3.15. The summed E-state index contributed by atoms with van der Waals surface area (Å²) in [7, 11) is 0. The van der Waals surface area contributed by atoms with Crippen molar-refractivity contribution in [1.29, 1.82) is 0 Å². The van der Waals surface area contributed by atoms with Crippen LogP contribution in [0.25, 0.3) is 0 Å². The van der Waals surface area contributed by atoms with Crippen molar-refractivity contribution < 1.29 is 4.79 Å². The molecule has 1 rings (SSSR count). The van der Waals surface area contributed by atoms with Crippen LogP contribution in [-0.4, -0.2) is 5.91 Å². The van der Waals surface area contributed by atoms with Crippen LogP contribution in [0.1, 0.15) is 85.6 Å². The lowest BCUT2D eigenvalue weighted by molar-refractivity contribution is -0.116. The molecule has 0 aromatic heterocycles. The van der Waals surface area contributed by atoms with E-state index in [1.807, 2.05) is 39.8 Å². The Morgan fingerprint density at radius 3 is 1.91 bits per heavy atom. The zero-order valence-electron chi connectivity index (χ0n) is 15.7. The molecule has 128 valence electrons. The molecule has 0 atom stereocenters. The van der Waals surface area contributed by atoms with Crippen LogP contribution in [-0.2, 0) is 11.2 Å². The van der Waals surface area contributed by atoms with E-state index in [1.165, 1.54) is 24.8 Å². The van der Waals surface area contributed by atoms with Crippen molar-refractivity contribution in [2.45, 2.75) is 86.5 Å². The van der Waals surface area contributed by atoms with Crippen molar-refractivity contribution in [2.24, 2.45) is 0 Å². The summed E-state index contributed by atoms with van der Waals surface area (Å²) in [4.78, 5) is 11.7. The summed E-state index contributed by atoms with van der Waals surface area (Å²) in [5.74, 6) is 0.135. The maximum absolute atomic E-state index is 11.7. The fourth-order valence-electron chi connectivity index (χ4n) is 1.94. The van der Waals surface area contributed by atoms with Crippen molar-refractivity contribution in [3.05, 3.63) is 29.8 Å². The summed E-state index contributed by atoms with van der Waals surface area (Å²) < 4.78 is 0. The molecule has 1 amide bonds. The number of unbranched alkanes of at least 4 members (excludes halogenated alkanes) is 4. The van der Waals surface area contributed by atoms with Gasteiger partial charge in [0.1, 0.15) is 0 Å². The fraction of sp³-hybridized carbons (Fsp3) is 0.650. The van der Waals surface area contributed by atoms with Crippen LogP contribution in [0.4, 0.5) is 5.69 Å². The fourth-order valence-corrected chi connectivity index (χ4v) is 1.94. The zero-order chi connectivity index (χ0) is 17.2. The molecule has 0 saturated heterocycles. The number of carbonyl (C=O) groups excluding carboxylic acids is 1. The molecule has 1 aromatic rings. The third kappa shape index (κ3) is 12.4.